The Labute approximate surface area is 205 Å². The lowest BCUT2D eigenvalue weighted by atomic mass is 9.97. The molecular formula is C30H42S2. The quantitative estimate of drug-likeness (QED) is 0.197. The molecule has 0 aliphatic rings. The van der Waals surface area contributed by atoms with Gasteiger partial charge in [0.2, 0.25) is 0 Å². The van der Waals surface area contributed by atoms with Crippen molar-refractivity contribution in [1.82, 2.24) is 0 Å². The molecule has 0 nitrogen and oxygen atoms in total. The SMILES string of the molecule is C#C/C(=C\C)C(=C)/C(C)=C/c1c(C)cccc1S.C=S(=C)(C)c1ccccc1.CC.CC. The van der Waals surface area contributed by atoms with E-state index < -0.39 is 9.21 Å². The molecule has 0 fully saturated rings. The van der Waals surface area contributed by atoms with Crippen LogP contribution in [0.2, 0.25) is 0 Å². The van der Waals surface area contributed by atoms with E-state index in [1.54, 1.807) is 0 Å². The van der Waals surface area contributed by atoms with Gasteiger partial charge in [-0.2, -0.15) is 9.21 Å². The molecular weight excluding hydrogens is 424 g/mol. The summed E-state index contributed by atoms with van der Waals surface area (Å²) in [4.78, 5) is 2.22. The Morgan fingerprint density at radius 3 is 1.91 bits per heavy atom. The maximum atomic E-state index is 5.45. The Balaban J connectivity index is 0. The van der Waals surface area contributed by atoms with E-state index in [1.807, 2.05) is 78.0 Å². The maximum absolute atomic E-state index is 5.45. The molecule has 2 aromatic rings. The molecule has 32 heavy (non-hydrogen) atoms. The smallest absolute Gasteiger partial charge is 0.0269 e. The molecule has 0 aromatic heterocycles. The van der Waals surface area contributed by atoms with Crippen molar-refractivity contribution >= 4 is 39.7 Å². The highest BCUT2D eigenvalue weighted by atomic mass is 32.2. The minimum Gasteiger partial charge on any atom is -0.190 e. The van der Waals surface area contributed by atoms with Gasteiger partial charge in [0.1, 0.15) is 0 Å². The van der Waals surface area contributed by atoms with Crippen LogP contribution >= 0.6 is 21.8 Å². The van der Waals surface area contributed by atoms with E-state index in [1.165, 1.54) is 10.5 Å². The van der Waals surface area contributed by atoms with E-state index in [9.17, 15) is 0 Å². The van der Waals surface area contributed by atoms with Crippen molar-refractivity contribution in [2.45, 2.75) is 58.3 Å². The third-order valence-corrected chi connectivity index (χ3v) is 6.02. The lowest BCUT2D eigenvalue weighted by Gasteiger charge is -2.09. The Hall–Kier alpha value is -2.34. The zero-order valence-corrected chi connectivity index (χ0v) is 23.0. The van der Waals surface area contributed by atoms with Crippen molar-refractivity contribution in [3.05, 3.63) is 89.0 Å². The van der Waals surface area contributed by atoms with Gasteiger partial charge in [0.15, 0.2) is 0 Å². The topological polar surface area (TPSA) is 0 Å². The van der Waals surface area contributed by atoms with Crippen molar-refractivity contribution in [3.8, 4) is 12.3 Å². The van der Waals surface area contributed by atoms with E-state index >= 15 is 0 Å². The molecule has 0 bridgehead atoms. The third-order valence-electron chi connectivity index (χ3n) is 4.22. The molecule has 0 atom stereocenters. The number of rotatable bonds is 4. The number of hydrogen-bond donors (Lipinski definition) is 1. The minimum atomic E-state index is -1.00. The Bertz CT molecular complexity index is 1010. The zero-order valence-electron chi connectivity index (χ0n) is 21.3. The van der Waals surface area contributed by atoms with Gasteiger partial charge in [-0.05, 0) is 72.4 Å². The number of terminal acetylenes is 1. The van der Waals surface area contributed by atoms with Gasteiger partial charge in [-0.1, -0.05) is 94.4 Å². The first-order valence-corrected chi connectivity index (χ1v) is 13.7. The lowest BCUT2D eigenvalue weighted by Crippen LogP contribution is -1.90. The first-order chi connectivity index (χ1) is 15.1. The van der Waals surface area contributed by atoms with Crippen LogP contribution in [0.25, 0.3) is 6.08 Å². The Morgan fingerprint density at radius 1 is 1.00 bits per heavy atom. The van der Waals surface area contributed by atoms with Crippen LogP contribution in [0.4, 0.5) is 0 Å². The standard InChI is InChI=1S/C17H18S.C9H12S.2C2H6/c1-6-15(7-2)14(5)13(4)11-16-12(3)9-8-10-17(16)18;1-10(2,3)9-7-5-4-6-8-9;2*1-2/h1,7-11,18H,5H2,2-4H3;4-8H,1-2H2,3H3;2*1-2H3/b13-11+,15-7+;;;. The minimum absolute atomic E-state index is 0.832. The second-order valence-electron chi connectivity index (χ2n) is 6.75. The van der Waals surface area contributed by atoms with Gasteiger partial charge in [0.25, 0.3) is 0 Å². The number of aryl methyl sites for hydroxylation is 1. The molecule has 0 radical (unpaired) electrons. The molecule has 0 aliphatic heterocycles. The lowest BCUT2D eigenvalue weighted by molar-refractivity contribution is 1.32. The van der Waals surface area contributed by atoms with E-state index in [2.05, 4.69) is 74.3 Å². The van der Waals surface area contributed by atoms with Gasteiger partial charge in [0.05, 0.1) is 0 Å². The molecule has 0 saturated carbocycles. The van der Waals surface area contributed by atoms with Gasteiger partial charge in [-0.3, -0.25) is 0 Å². The van der Waals surface area contributed by atoms with E-state index in [4.69, 9.17) is 6.42 Å². The number of thiol groups is 1. The van der Waals surface area contributed by atoms with Gasteiger partial charge in [-0.25, -0.2) is 0 Å². The van der Waals surface area contributed by atoms with Crippen LogP contribution in [-0.2, 0) is 0 Å². The van der Waals surface area contributed by atoms with Crippen LogP contribution in [0.15, 0.2) is 87.7 Å². The van der Waals surface area contributed by atoms with E-state index in [-0.39, 0.29) is 0 Å². The van der Waals surface area contributed by atoms with Gasteiger partial charge in [-0.15, -0.1) is 19.1 Å². The molecule has 0 unspecified atom stereocenters. The first-order valence-electron chi connectivity index (χ1n) is 10.9. The number of allylic oxidation sites excluding steroid dienone is 4. The fraction of sp³-hybridized carbons (Fsp3) is 0.267. The van der Waals surface area contributed by atoms with Crippen LogP contribution < -0.4 is 0 Å². The molecule has 2 aromatic carbocycles. The Morgan fingerprint density at radius 2 is 1.53 bits per heavy atom. The molecule has 0 aliphatic carbocycles. The highest BCUT2D eigenvalue weighted by molar-refractivity contribution is 8.27. The Kier molecular flexibility index (Phi) is 17.2. The number of hydrogen-bond acceptors (Lipinski definition) is 1. The summed E-state index contributed by atoms with van der Waals surface area (Å²) in [7, 11) is -1.00. The summed E-state index contributed by atoms with van der Waals surface area (Å²) in [5.41, 5.74) is 5.09. The van der Waals surface area contributed by atoms with Gasteiger partial charge < -0.3 is 0 Å². The van der Waals surface area contributed by atoms with Crippen LogP contribution in [-0.4, -0.2) is 18.0 Å². The molecule has 174 valence electrons. The van der Waals surface area contributed by atoms with Crippen molar-refractivity contribution < 1.29 is 0 Å². The predicted molar refractivity (Wildman–Crippen MR) is 159 cm³/mol. The molecule has 2 heteroatoms. The summed E-state index contributed by atoms with van der Waals surface area (Å²) in [6.07, 6.45) is 11.5. The normalized spacial score (nSPS) is 10.8. The summed E-state index contributed by atoms with van der Waals surface area (Å²) < 4.78 is 0. The van der Waals surface area contributed by atoms with Crippen molar-refractivity contribution in [2.75, 3.05) is 6.26 Å². The average molecular weight is 467 g/mol. The van der Waals surface area contributed by atoms with Crippen LogP contribution in [0.3, 0.4) is 0 Å². The summed E-state index contributed by atoms with van der Waals surface area (Å²) in [6.45, 7) is 18.1. The van der Waals surface area contributed by atoms with Crippen LogP contribution in [0.5, 0.6) is 0 Å². The van der Waals surface area contributed by atoms with Gasteiger partial charge >= 0.3 is 0 Å². The first kappa shape index (κ1) is 31.8. The molecule has 2 rings (SSSR count). The zero-order chi connectivity index (χ0) is 25.3. The van der Waals surface area contributed by atoms with Crippen molar-refractivity contribution in [1.29, 1.82) is 0 Å². The van der Waals surface area contributed by atoms with Crippen LogP contribution in [0, 0.1) is 19.3 Å². The monoisotopic (exact) mass is 466 g/mol. The summed E-state index contributed by atoms with van der Waals surface area (Å²) in [5, 5.41) is 0. The average Bonchev–Trinajstić information content (AvgIpc) is 2.80. The maximum Gasteiger partial charge on any atom is 0.0269 e. The largest absolute Gasteiger partial charge is 0.190 e. The number of benzene rings is 2. The molecule has 0 saturated heterocycles. The van der Waals surface area contributed by atoms with Gasteiger partial charge in [0, 0.05) is 10.5 Å². The van der Waals surface area contributed by atoms with Crippen molar-refractivity contribution in [3.63, 3.8) is 0 Å². The van der Waals surface area contributed by atoms with Crippen LogP contribution in [0.1, 0.15) is 52.7 Å². The molecule has 0 heterocycles. The summed E-state index contributed by atoms with van der Waals surface area (Å²) in [6, 6.07) is 16.3. The predicted octanol–water partition coefficient (Wildman–Crippen LogP) is 9.22. The van der Waals surface area contributed by atoms with E-state index in [0.717, 1.165) is 27.2 Å². The fourth-order valence-electron chi connectivity index (χ4n) is 2.46. The third kappa shape index (κ3) is 11.3. The second-order valence-corrected chi connectivity index (χ2v) is 10.2. The highest BCUT2D eigenvalue weighted by Crippen LogP contribution is 2.26. The molecule has 0 N–H and O–H groups in total. The second kappa shape index (κ2) is 17.2. The van der Waals surface area contributed by atoms with Crippen molar-refractivity contribution in [2.24, 2.45) is 0 Å². The summed E-state index contributed by atoms with van der Waals surface area (Å²) >= 11 is 4.48. The van der Waals surface area contributed by atoms with E-state index in [0.29, 0.717) is 0 Å². The highest BCUT2D eigenvalue weighted by Gasteiger charge is 2.04. The fourth-order valence-corrected chi connectivity index (χ4v) is 3.60. The molecule has 0 spiro atoms. The molecule has 0 amide bonds. The summed E-state index contributed by atoms with van der Waals surface area (Å²) in [5.74, 6) is 10.7.